The molecule has 1 aromatic carbocycles. The average Bonchev–Trinajstić information content (AvgIpc) is 2.17. The first-order chi connectivity index (χ1) is 7.07. The van der Waals surface area contributed by atoms with Gasteiger partial charge in [-0.05, 0) is 11.6 Å². The SMILES string of the molecule is COC1C=Cc2cccc(O)c2C1(N)N. The molecule has 5 N–H and O–H groups in total. The number of nitrogens with two attached hydrogens (primary N) is 2. The van der Waals surface area contributed by atoms with Crippen molar-refractivity contribution in [3.8, 4) is 5.75 Å². The maximum atomic E-state index is 9.76. The van der Waals surface area contributed by atoms with Crippen LogP contribution in [0.25, 0.3) is 6.08 Å². The van der Waals surface area contributed by atoms with Crippen molar-refractivity contribution in [1.82, 2.24) is 0 Å². The van der Waals surface area contributed by atoms with Crippen molar-refractivity contribution in [1.29, 1.82) is 0 Å². The highest BCUT2D eigenvalue weighted by Crippen LogP contribution is 2.35. The van der Waals surface area contributed by atoms with E-state index in [1.165, 1.54) is 7.11 Å². The molecule has 80 valence electrons. The number of benzene rings is 1. The summed E-state index contributed by atoms with van der Waals surface area (Å²) in [7, 11) is 1.54. The predicted molar refractivity (Wildman–Crippen MR) is 58.0 cm³/mol. The first-order valence-corrected chi connectivity index (χ1v) is 4.68. The van der Waals surface area contributed by atoms with Crippen LogP contribution in [0.5, 0.6) is 5.75 Å². The van der Waals surface area contributed by atoms with E-state index in [1.54, 1.807) is 18.2 Å². The number of fused-ring (bicyclic) bond motifs is 1. The summed E-state index contributed by atoms with van der Waals surface area (Å²) in [6.07, 6.45) is 3.21. The second kappa shape index (κ2) is 3.34. The maximum Gasteiger partial charge on any atom is 0.125 e. The molecule has 0 aliphatic heterocycles. The molecule has 0 spiro atoms. The summed E-state index contributed by atoms with van der Waals surface area (Å²) in [6.45, 7) is 0. The Labute approximate surface area is 88.1 Å². The molecule has 1 aromatic rings. The zero-order chi connectivity index (χ0) is 11.1. The van der Waals surface area contributed by atoms with E-state index in [-0.39, 0.29) is 5.75 Å². The van der Waals surface area contributed by atoms with E-state index in [2.05, 4.69) is 0 Å². The van der Waals surface area contributed by atoms with E-state index in [9.17, 15) is 5.11 Å². The highest BCUT2D eigenvalue weighted by molar-refractivity contribution is 5.64. The molecule has 1 aliphatic rings. The second-order valence-corrected chi connectivity index (χ2v) is 3.69. The van der Waals surface area contributed by atoms with Gasteiger partial charge in [-0.3, -0.25) is 0 Å². The summed E-state index contributed by atoms with van der Waals surface area (Å²) in [5.74, 6) is 0.101. The highest BCUT2D eigenvalue weighted by Gasteiger charge is 2.37. The lowest BCUT2D eigenvalue weighted by Gasteiger charge is -2.35. The second-order valence-electron chi connectivity index (χ2n) is 3.69. The van der Waals surface area contributed by atoms with E-state index in [0.29, 0.717) is 5.56 Å². The quantitative estimate of drug-likeness (QED) is 0.584. The molecule has 0 saturated heterocycles. The van der Waals surface area contributed by atoms with Crippen LogP contribution in [-0.4, -0.2) is 18.3 Å². The lowest BCUT2D eigenvalue weighted by Crippen LogP contribution is -2.57. The van der Waals surface area contributed by atoms with Gasteiger partial charge in [-0.25, -0.2) is 0 Å². The molecule has 1 unspecified atom stereocenters. The third-order valence-corrected chi connectivity index (χ3v) is 2.68. The summed E-state index contributed by atoms with van der Waals surface area (Å²) >= 11 is 0. The molecule has 4 heteroatoms. The van der Waals surface area contributed by atoms with Crippen LogP contribution in [0.2, 0.25) is 0 Å². The topological polar surface area (TPSA) is 81.5 Å². The normalized spacial score (nSPS) is 22.5. The van der Waals surface area contributed by atoms with E-state index >= 15 is 0 Å². The van der Waals surface area contributed by atoms with Crippen molar-refractivity contribution in [3.63, 3.8) is 0 Å². The van der Waals surface area contributed by atoms with Crippen molar-refractivity contribution in [2.75, 3.05) is 7.11 Å². The molecular formula is C11H14N2O2. The van der Waals surface area contributed by atoms with Gasteiger partial charge in [0.25, 0.3) is 0 Å². The third kappa shape index (κ3) is 1.43. The molecule has 0 heterocycles. The standard InChI is InChI=1S/C11H14N2O2/c1-15-9-6-5-7-3-2-4-8(14)10(7)11(9,12)13/h2-6,9,14H,12-13H2,1H3. The number of phenols is 1. The molecular weight excluding hydrogens is 192 g/mol. The van der Waals surface area contributed by atoms with Gasteiger partial charge in [-0.1, -0.05) is 24.3 Å². The van der Waals surface area contributed by atoms with Crippen molar-refractivity contribution in [3.05, 3.63) is 35.4 Å². The number of methoxy groups -OCH3 is 1. The molecule has 0 fully saturated rings. The molecule has 0 saturated carbocycles. The van der Waals surface area contributed by atoms with E-state index in [4.69, 9.17) is 16.2 Å². The summed E-state index contributed by atoms with van der Waals surface area (Å²) in [5, 5.41) is 9.76. The third-order valence-electron chi connectivity index (χ3n) is 2.68. The Bertz CT molecular complexity index is 413. The predicted octanol–water partition coefficient (Wildman–Crippen LogP) is 0.504. The van der Waals surface area contributed by atoms with Gasteiger partial charge in [-0.15, -0.1) is 0 Å². The first kappa shape index (κ1) is 10.2. The summed E-state index contributed by atoms with van der Waals surface area (Å²) in [6, 6.07) is 5.17. The first-order valence-electron chi connectivity index (χ1n) is 4.68. The minimum Gasteiger partial charge on any atom is -0.508 e. The van der Waals surface area contributed by atoms with Crippen LogP contribution in [0.4, 0.5) is 0 Å². The van der Waals surface area contributed by atoms with E-state index in [1.807, 2.05) is 12.1 Å². The fourth-order valence-corrected chi connectivity index (χ4v) is 1.93. The van der Waals surface area contributed by atoms with Gasteiger partial charge >= 0.3 is 0 Å². The molecule has 1 aliphatic carbocycles. The maximum absolute atomic E-state index is 9.76. The van der Waals surface area contributed by atoms with Crippen LogP contribution in [0.3, 0.4) is 0 Å². The van der Waals surface area contributed by atoms with Gasteiger partial charge in [0.1, 0.15) is 17.5 Å². The van der Waals surface area contributed by atoms with Crippen LogP contribution in [0.15, 0.2) is 24.3 Å². The van der Waals surface area contributed by atoms with Crippen molar-refractivity contribution in [2.24, 2.45) is 11.5 Å². The fourth-order valence-electron chi connectivity index (χ4n) is 1.93. The van der Waals surface area contributed by atoms with Gasteiger partial charge in [0.05, 0.1) is 0 Å². The largest absolute Gasteiger partial charge is 0.508 e. The van der Waals surface area contributed by atoms with Gasteiger partial charge in [0, 0.05) is 12.7 Å². The Morgan fingerprint density at radius 2 is 2.13 bits per heavy atom. The van der Waals surface area contributed by atoms with Crippen LogP contribution < -0.4 is 11.5 Å². The van der Waals surface area contributed by atoms with Gasteiger partial charge in [0.2, 0.25) is 0 Å². The minimum atomic E-state index is -1.19. The smallest absolute Gasteiger partial charge is 0.125 e. The number of hydrogen-bond acceptors (Lipinski definition) is 4. The Kier molecular flexibility index (Phi) is 2.26. The highest BCUT2D eigenvalue weighted by atomic mass is 16.5. The Morgan fingerprint density at radius 3 is 2.80 bits per heavy atom. The van der Waals surface area contributed by atoms with Crippen LogP contribution in [-0.2, 0) is 10.4 Å². The van der Waals surface area contributed by atoms with Gasteiger partial charge < -0.3 is 21.3 Å². The van der Waals surface area contributed by atoms with Crippen molar-refractivity contribution >= 4 is 6.08 Å². The Morgan fingerprint density at radius 1 is 1.40 bits per heavy atom. The number of phenolic OH excluding ortho intramolecular Hbond substituents is 1. The average molecular weight is 206 g/mol. The van der Waals surface area contributed by atoms with Gasteiger partial charge in [0.15, 0.2) is 0 Å². The molecule has 0 bridgehead atoms. The molecule has 15 heavy (non-hydrogen) atoms. The zero-order valence-corrected chi connectivity index (χ0v) is 8.47. The fraction of sp³-hybridized carbons (Fsp3) is 0.273. The zero-order valence-electron chi connectivity index (χ0n) is 8.47. The molecule has 2 rings (SSSR count). The number of hydrogen-bond donors (Lipinski definition) is 3. The minimum absolute atomic E-state index is 0.101. The van der Waals surface area contributed by atoms with Crippen LogP contribution in [0, 0.1) is 0 Å². The van der Waals surface area contributed by atoms with Crippen LogP contribution in [0.1, 0.15) is 11.1 Å². The number of aromatic hydroxyl groups is 1. The molecule has 0 radical (unpaired) electrons. The molecule has 0 amide bonds. The van der Waals surface area contributed by atoms with Crippen molar-refractivity contribution < 1.29 is 9.84 Å². The van der Waals surface area contributed by atoms with E-state index in [0.717, 1.165) is 5.56 Å². The monoisotopic (exact) mass is 206 g/mol. The molecule has 0 aromatic heterocycles. The number of rotatable bonds is 1. The Hall–Kier alpha value is -1.36. The molecule has 1 atom stereocenters. The summed E-state index contributed by atoms with van der Waals surface area (Å²) in [4.78, 5) is 0. The van der Waals surface area contributed by atoms with Crippen LogP contribution >= 0.6 is 0 Å². The van der Waals surface area contributed by atoms with Gasteiger partial charge in [-0.2, -0.15) is 0 Å². The summed E-state index contributed by atoms with van der Waals surface area (Å²) < 4.78 is 5.17. The summed E-state index contributed by atoms with van der Waals surface area (Å²) in [5.41, 5.74) is 12.1. The van der Waals surface area contributed by atoms with E-state index < -0.39 is 11.8 Å². The van der Waals surface area contributed by atoms with Crippen molar-refractivity contribution in [2.45, 2.75) is 11.8 Å². The Balaban J connectivity index is 2.62. The number of ether oxygens (including phenoxy) is 1. The molecule has 4 nitrogen and oxygen atoms in total. The lowest BCUT2D eigenvalue weighted by molar-refractivity contribution is 0.0698. The lowest BCUT2D eigenvalue weighted by atomic mass is 9.85.